The summed E-state index contributed by atoms with van der Waals surface area (Å²) >= 11 is 0. The van der Waals surface area contributed by atoms with E-state index >= 15 is 0 Å². The molecule has 1 aliphatic rings. The van der Waals surface area contributed by atoms with Gasteiger partial charge in [-0.3, -0.25) is 0 Å². The quantitative estimate of drug-likeness (QED) is 0.917. The zero-order valence-electron chi connectivity index (χ0n) is 12.4. The molecule has 1 N–H and O–H groups in total. The Bertz CT molecular complexity index is 636. The highest BCUT2D eigenvalue weighted by molar-refractivity contribution is 5.44. The third-order valence-corrected chi connectivity index (χ3v) is 4.25. The summed E-state index contributed by atoms with van der Waals surface area (Å²) in [7, 11) is 3.25. The lowest BCUT2D eigenvalue weighted by Crippen LogP contribution is -2.30. The maximum atomic E-state index is 10.5. The standard InChI is InChI=1S/C18H20O3/c1-20-17-8-7-12(10-18(17)21-2)9-16(19)15-11-13-5-3-4-6-14(13)15/h3-8,10,15-16,19H,9,11H2,1-2H3. The van der Waals surface area contributed by atoms with Gasteiger partial charge in [0, 0.05) is 5.92 Å². The third kappa shape index (κ3) is 2.61. The van der Waals surface area contributed by atoms with Crippen LogP contribution in [0.15, 0.2) is 42.5 Å². The average molecular weight is 284 g/mol. The number of methoxy groups -OCH3 is 2. The molecule has 0 heterocycles. The Kier molecular flexibility index (Phi) is 3.84. The van der Waals surface area contributed by atoms with Crippen LogP contribution in [0.3, 0.4) is 0 Å². The van der Waals surface area contributed by atoms with Crippen molar-refractivity contribution in [2.45, 2.75) is 24.9 Å². The first-order valence-corrected chi connectivity index (χ1v) is 7.19. The highest BCUT2D eigenvalue weighted by atomic mass is 16.5. The van der Waals surface area contributed by atoms with Crippen molar-refractivity contribution >= 4 is 0 Å². The molecule has 1 aliphatic carbocycles. The Morgan fingerprint density at radius 2 is 1.86 bits per heavy atom. The second kappa shape index (κ2) is 5.78. The van der Waals surface area contributed by atoms with Crippen LogP contribution in [0.1, 0.15) is 22.6 Å². The second-order valence-electron chi connectivity index (χ2n) is 5.47. The number of fused-ring (bicyclic) bond motifs is 1. The van der Waals surface area contributed by atoms with Crippen LogP contribution in [0.4, 0.5) is 0 Å². The Labute approximate surface area is 125 Å². The molecule has 0 saturated heterocycles. The van der Waals surface area contributed by atoms with E-state index in [1.807, 2.05) is 24.3 Å². The van der Waals surface area contributed by atoms with E-state index in [2.05, 4.69) is 18.2 Å². The topological polar surface area (TPSA) is 38.7 Å². The zero-order chi connectivity index (χ0) is 14.8. The molecule has 0 bridgehead atoms. The lowest BCUT2D eigenvalue weighted by atomic mass is 9.73. The Hall–Kier alpha value is -2.00. The number of aliphatic hydroxyl groups excluding tert-OH is 1. The molecule has 0 spiro atoms. The van der Waals surface area contributed by atoms with Crippen LogP contribution >= 0.6 is 0 Å². The van der Waals surface area contributed by atoms with Crippen molar-refractivity contribution in [1.29, 1.82) is 0 Å². The van der Waals surface area contributed by atoms with Crippen molar-refractivity contribution in [2.24, 2.45) is 0 Å². The average Bonchev–Trinajstić information content (AvgIpc) is 2.48. The SMILES string of the molecule is COc1ccc(CC(O)C2Cc3ccccc32)cc1OC. The van der Waals surface area contributed by atoms with Crippen molar-refractivity contribution in [3.05, 3.63) is 59.2 Å². The molecule has 3 heteroatoms. The minimum Gasteiger partial charge on any atom is -0.493 e. The maximum absolute atomic E-state index is 10.5. The van der Waals surface area contributed by atoms with Crippen molar-refractivity contribution in [1.82, 2.24) is 0 Å². The molecule has 0 radical (unpaired) electrons. The molecule has 3 nitrogen and oxygen atoms in total. The van der Waals surface area contributed by atoms with Crippen LogP contribution in [-0.2, 0) is 12.8 Å². The van der Waals surface area contributed by atoms with Gasteiger partial charge in [-0.1, -0.05) is 30.3 Å². The number of benzene rings is 2. The minimum absolute atomic E-state index is 0.245. The van der Waals surface area contributed by atoms with E-state index in [-0.39, 0.29) is 12.0 Å². The van der Waals surface area contributed by atoms with Gasteiger partial charge in [0.25, 0.3) is 0 Å². The molecular formula is C18H20O3. The van der Waals surface area contributed by atoms with Crippen LogP contribution in [-0.4, -0.2) is 25.4 Å². The van der Waals surface area contributed by atoms with E-state index in [4.69, 9.17) is 9.47 Å². The van der Waals surface area contributed by atoms with Crippen molar-refractivity contribution in [3.8, 4) is 11.5 Å². The lowest BCUT2D eigenvalue weighted by molar-refractivity contribution is 0.133. The number of hydrogen-bond donors (Lipinski definition) is 1. The van der Waals surface area contributed by atoms with E-state index in [1.165, 1.54) is 11.1 Å². The van der Waals surface area contributed by atoms with E-state index in [1.54, 1.807) is 14.2 Å². The van der Waals surface area contributed by atoms with Gasteiger partial charge >= 0.3 is 0 Å². The van der Waals surface area contributed by atoms with E-state index in [0.29, 0.717) is 17.9 Å². The van der Waals surface area contributed by atoms with Crippen molar-refractivity contribution in [3.63, 3.8) is 0 Å². The molecule has 0 aromatic heterocycles. The van der Waals surface area contributed by atoms with Gasteiger partial charge in [0.15, 0.2) is 11.5 Å². The molecular weight excluding hydrogens is 264 g/mol. The molecule has 2 aromatic carbocycles. The summed E-state index contributed by atoms with van der Waals surface area (Å²) in [4.78, 5) is 0. The minimum atomic E-state index is -0.363. The van der Waals surface area contributed by atoms with E-state index < -0.39 is 0 Å². The van der Waals surface area contributed by atoms with Gasteiger partial charge in [-0.05, 0) is 41.7 Å². The highest BCUT2D eigenvalue weighted by Gasteiger charge is 2.31. The van der Waals surface area contributed by atoms with E-state index in [9.17, 15) is 5.11 Å². The molecule has 3 rings (SSSR count). The van der Waals surface area contributed by atoms with Crippen LogP contribution in [0.2, 0.25) is 0 Å². The first kappa shape index (κ1) is 14.0. The predicted octanol–water partition coefficient (Wildman–Crippen LogP) is 2.95. The van der Waals surface area contributed by atoms with Crippen LogP contribution < -0.4 is 9.47 Å². The van der Waals surface area contributed by atoms with Gasteiger partial charge in [0.2, 0.25) is 0 Å². The first-order valence-electron chi connectivity index (χ1n) is 7.19. The molecule has 21 heavy (non-hydrogen) atoms. The van der Waals surface area contributed by atoms with E-state index in [0.717, 1.165) is 12.0 Å². The Morgan fingerprint density at radius 1 is 1.10 bits per heavy atom. The second-order valence-corrected chi connectivity index (χ2v) is 5.47. The molecule has 0 fully saturated rings. The Morgan fingerprint density at radius 3 is 2.57 bits per heavy atom. The molecule has 110 valence electrons. The molecule has 2 aromatic rings. The van der Waals surface area contributed by atoms with Gasteiger partial charge in [0.1, 0.15) is 0 Å². The van der Waals surface area contributed by atoms with Gasteiger partial charge < -0.3 is 14.6 Å². The molecule has 0 saturated carbocycles. The molecule has 0 aliphatic heterocycles. The van der Waals surface area contributed by atoms with Gasteiger partial charge in [0.05, 0.1) is 20.3 Å². The summed E-state index contributed by atoms with van der Waals surface area (Å²) in [6, 6.07) is 14.1. The summed E-state index contributed by atoms with van der Waals surface area (Å²) in [6.07, 6.45) is 1.22. The zero-order valence-corrected chi connectivity index (χ0v) is 12.4. The Balaban J connectivity index is 1.73. The highest BCUT2D eigenvalue weighted by Crippen LogP contribution is 2.38. The summed E-state index contributed by atoms with van der Waals surface area (Å²) in [5.74, 6) is 1.66. The van der Waals surface area contributed by atoms with Crippen molar-refractivity contribution < 1.29 is 14.6 Å². The number of rotatable bonds is 5. The molecule has 2 unspecified atom stereocenters. The summed E-state index contributed by atoms with van der Waals surface area (Å²) < 4.78 is 10.5. The fourth-order valence-electron chi connectivity index (χ4n) is 3.03. The van der Waals surface area contributed by atoms with Gasteiger partial charge in [-0.2, -0.15) is 0 Å². The normalized spacial score (nSPS) is 17.6. The fraction of sp³-hybridized carbons (Fsp3) is 0.333. The van der Waals surface area contributed by atoms with Gasteiger partial charge in [-0.15, -0.1) is 0 Å². The fourth-order valence-corrected chi connectivity index (χ4v) is 3.03. The predicted molar refractivity (Wildman–Crippen MR) is 82.1 cm³/mol. The van der Waals surface area contributed by atoms with Crippen LogP contribution in [0, 0.1) is 0 Å². The maximum Gasteiger partial charge on any atom is 0.160 e. The largest absolute Gasteiger partial charge is 0.493 e. The monoisotopic (exact) mass is 284 g/mol. The third-order valence-electron chi connectivity index (χ3n) is 4.25. The summed E-state index contributed by atoms with van der Waals surface area (Å²) in [5.41, 5.74) is 3.70. The first-order chi connectivity index (χ1) is 10.2. The summed E-state index contributed by atoms with van der Waals surface area (Å²) in [6.45, 7) is 0. The number of aliphatic hydroxyl groups is 1. The summed E-state index contributed by atoms with van der Waals surface area (Å²) in [5, 5.41) is 10.5. The lowest BCUT2D eigenvalue weighted by Gasteiger charge is -2.34. The molecule has 0 amide bonds. The van der Waals surface area contributed by atoms with Crippen LogP contribution in [0.25, 0.3) is 0 Å². The smallest absolute Gasteiger partial charge is 0.160 e. The molecule has 2 atom stereocenters. The number of ether oxygens (including phenoxy) is 2. The number of hydrogen-bond acceptors (Lipinski definition) is 3. The van der Waals surface area contributed by atoms with Crippen molar-refractivity contribution in [2.75, 3.05) is 14.2 Å². The van der Waals surface area contributed by atoms with Crippen LogP contribution in [0.5, 0.6) is 11.5 Å². The van der Waals surface area contributed by atoms with Gasteiger partial charge in [-0.25, -0.2) is 0 Å².